The third kappa shape index (κ3) is 5.31. The van der Waals surface area contributed by atoms with Crippen molar-refractivity contribution in [3.05, 3.63) is 70.7 Å². The van der Waals surface area contributed by atoms with Crippen LogP contribution < -0.4 is 15.5 Å². The van der Waals surface area contributed by atoms with Gasteiger partial charge in [-0.3, -0.25) is 9.59 Å². The van der Waals surface area contributed by atoms with Crippen molar-refractivity contribution in [2.45, 2.75) is 0 Å². The van der Waals surface area contributed by atoms with Crippen molar-refractivity contribution >= 4 is 44.9 Å². The highest BCUT2D eigenvalue weighted by Crippen LogP contribution is 2.18. The second kappa shape index (κ2) is 9.32. The van der Waals surface area contributed by atoms with E-state index < -0.39 is 0 Å². The Hall–Kier alpha value is -3.17. The van der Waals surface area contributed by atoms with E-state index in [1.54, 1.807) is 42.6 Å². The maximum Gasteiger partial charge on any atom is 0.291 e. The highest BCUT2D eigenvalue weighted by molar-refractivity contribution is 9.10. The Labute approximate surface area is 188 Å². The molecule has 1 aromatic carbocycles. The fourth-order valence-corrected chi connectivity index (χ4v) is 3.53. The van der Waals surface area contributed by atoms with Crippen LogP contribution in [0.25, 0.3) is 0 Å². The minimum atomic E-state index is -0.366. The van der Waals surface area contributed by atoms with Crippen LogP contribution in [0.2, 0.25) is 0 Å². The maximum absolute atomic E-state index is 12.5. The van der Waals surface area contributed by atoms with Gasteiger partial charge in [-0.05, 0) is 71.5 Å². The normalized spacial score (nSPS) is 14.3. The van der Waals surface area contributed by atoms with Crippen molar-refractivity contribution in [1.82, 2.24) is 9.88 Å². The van der Waals surface area contributed by atoms with E-state index in [4.69, 9.17) is 4.42 Å². The fraction of sp³-hybridized carbons (Fsp3) is 0.227. The average Bonchev–Trinajstić information content (AvgIpc) is 3.22. The number of aromatic nitrogens is 1. The summed E-state index contributed by atoms with van der Waals surface area (Å²) in [4.78, 5) is 33.7. The zero-order valence-corrected chi connectivity index (χ0v) is 18.6. The summed E-state index contributed by atoms with van der Waals surface area (Å²) < 4.78 is 5.71. The Morgan fingerprint density at radius 3 is 2.19 bits per heavy atom. The van der Waals surface area contributed by atoms with Crippen molar-refractivity contribution in [3.63, 3.8) is 0 Å². The molecule has 3 heterocycles. The maximum atomic E-state index is 12.5. The minimum absolute atomic E-state index is 0.196. The van der Waals surface area contributed by atoms with Gasteiger partial charge in [-0.2, -0.15) is 0 Å². The number of hydrogen-bond donors (Lipinski definition) is 2. The molecule has 0 spiro atoms. The van der Waals surface area contributed by atoms with Gasteiger partial charge in [0, 0.05) is 37.4 Å². The number of halogens is 1. The average molecular weight is 484 g/mol. The minimum Gasteiger partial charge on any atom is -0.444 e. The first-order valence-corrected chi connectivity index (χ1v) is 10.6. The zero-order chi connectivity index (χ0) is 21.8. The summed E-state index contributed by atoms with van der Waals surface area (Å²) in [5.41, 5.74) is 1.66. The van der Waals surface area contributed by atoms with Crippen LogP contribution in [0.3, 0.4) is 0 Å². The Balaban J connectivity index is 1.33. The Bertz CT molecular complexity index is 1060. The van der Waals surface area contributed by atoms with E-state index in [-0.39, 0.29) is 17.6 Å². The number of amides is 2. The summed E-state index contributed by atoms with van der Waals surface area (Å²) in [6.45, 7) is 3.90. The number of hydrogen-bond acceptors (Lipinski definition) is 6. The molecule has 2 amide bonds. The standard InChI is InChI=1S/C22H22BrN5O3/c1-27-10-12-28(13-11-27)20-9-6-17(14-24-20)26-21(29)15-2-4-16(5-3-15)25-22(30)18-7-8-19(23)31-18/h2-9,14H,10-13H2,1H3,(H,25,30)(H,26,29). The van der Waals surface area contributed by atoms with Gasteiger partial charge in [0.05, 0.1) is 11.9 Å². The lowest BCUT2D eigenvalue weighted by Gasteiger charge is -2.33. The SMILES string of the molecule is CN1CCN(c2ccc(NC(=O)c3ccc(NC(=O)c4ccc(Br)o4)cc3)cn2)CC1. The monoisotopic (exact) mass is 483 g/mol. The summed E-state index contributed by atoms with van der Waals surface area (Å²) in [6.07, 6.45) is 1.67. The summed E-state index contributed by atoms with van der Waals surface area (Å²) >= 11 is 3.17. The van der Waals surface area contributed by atoms with Crippen LogP contribution in [0.15, 0.2) is 63.8 Å². The number of piperazine rings is 1. The number of furan rings is 1. The van der Waals surface area contributed by atoms with Crippen LogP contribution in [0.5, 0.6) is 0 Å². The Morgan fingerprint density at radius 2 is 1.58 bits per heavy atom. The van der Waals surface area contributed by atoms with Gasteiger partial charge < -0.3 is 24.9 Å². The predicted molar refractivity (Wildman–Crippen MR) is 123 cm³/mol. The zero-order valence-electron chi connectivity index (χ0n) is 17.0. The Kier molecular flexibility index (Phi) is 6.34. The lowest BCUT2D eigenvalue weighted by Crippen LogP contribution is -2.44. The molecule has 9 heteroatoms. The molecule has 0 aliphatic carbocycles. The van der Waals surface area contributed by atoms with Crippen molar-refractivity contribution in [3.8, 4) is 0 Å². The molecule has 1 fully saturated rings. The second-order valence-electron chi connectivity index (χ2n) is 7.28. The highest BCUT2D eigenvalue weighted by atomic mass is 79.9. The first-order valence-electron chi connectivity index (χ1n) is 9.85. The molecule has 0 bridgehead atoms. The first kappa shape index (κ1) is 21.1. The van der Waals surface area contributed by atoms with Crippen molar-refractivity contribution < 1.29 is 14.0 Å². The van der Waals surface area contributed by atoms with E-state index in [1.165, 1.54) is 0 Å². The summed E-state index contributed by atoms with van der Waals surface area (Å²) in [7, 11) is 2.11. The van der Waals surface area contributed by atoms with E-state index >= 15 is 0 Å². The van der Waals surface area contributed by atoms with Gasteiger partial charge in [-0.25, -0.2) is 4.98 Å². The molecule has 160 valence electrons. The first-order chi connectivity index (χ1) is 15.0. The van der Waals surface area contributed by atoms with E-state index in [0.29, 0.717) is 21.6 Å². The van der Waals surface area contributed by atoms with Crippen LogP contribution in [0, 0.1) is 0 Å². The number of anilines is 3. The van der Waals surface area contributed by atoms with Gasteiger partial charge in [0.2, 0.25) is 0 Å². The second-order valence-corrected chi connectivity index (χ2v) is 8.07. The number of nitrogens with one attached hydrogen (secondary N) is 2. The number of carbonyl (C=O) groups excluding carboxylic acids is 2. The fourth-order valence-electron chi connectivity index (χ4n) is 3.22. The molecule has 1 saturated heterocycles. The number of nitrogens with zero attached hydrogens (tertiary/aromatic N) is 3. The number of likely N-dealkylation sites (N-methyl/N-ethyl adjacent to an activating group) is 1. The van der Waals surface area contributed by atoms with Crippen molar-refractivity contribution in [2.24, 2.45) is 0 Å². The van der Waals surface area contributed by atoms with E-state index in [0.717, 1.165) is 32.0 Å². The number of benzene rings is 1. The van der Waals surface area contributed by atoms with Crippen LogP contribution in [-0.2, 0) is 0 Å². The summed E-state index contributed by atoms with van der Waals surface area (Å²) in [6, 6.07) is 13.6. The molecule has 1 aliphatic rings. The van der Waals surface area contributed by atoms with Gasteiger partial charge in [0.15, 0.2) is 10.4 Å². The van der Waals surface area contributed by atoms with Crippen LogP contribution in [0.1, 0.15) is 20.9 Å². The van der Waals surface area contributed by atoms with Gasteiger partial charge in [-0.15, -0.1) is 0 Å². The smallest absolute Gasteiger partial charge is 0.291 e. The van der Waals surface area contributed by atoms with Gasteiger partial charge in [0.1, 0.15) is 5.82 Å². The van der Waals surface area contributed by atoms with Gasteiger partial charge in [-0.1, -0.05) is 0 Å². The topological polar surface area (TPSA) is 90.7 Å². The molecule has 2 N–H and O–H groups in total. The van der Waals surface area contributed by atoms with E-state index in [1.807, 2.05) is 12.1 Å². The van der Waals surface area contributed by atoms with Crippen molar-refractivity contribution in [1.29, 1.82) is 0 Å². The van der Waals surface area contributed by atoms with E-state index in [2.05, 4.69) is 48.4 Å². The highest BCUT2D eigenvalue weighted by Gasteiger charge is 2.15. The molecule has 2 aromatic heterocycles. The quantitative estimate of drug-likeness (QED) is 0.574. The number of pyridine rings is 1. The predicted octanol–water partition coefficient (Wildman–Crippen LogP) is 3.69. The molecule has 0 atom stereocenters. The summed E-state index contributed by atoms with van der Waals surface area (Å²) in [5, 5.41) is 5.57. The number of rotatable bonds is 5. The van der Waals surface area contributed by atoms with Gasteiger partial charge in [0.25, 0.3) is 11.8 Å². The lowest BCUT2D eigenvalue weighted by atomic mass is 10.2. The molecular weight excluding hydrogens is 462 g/mol. The molecule has 0 radical (unpaired) electrons. The van der Waals surface area contributed by atoms with E-state index in [9.17, 15) is 9.59 Å². The van der Waals surface area contributed by atoms with Crippen molar-refractivity contribution in [2.75, 3.05) is 48.8 Å². The molecule has 0 saturated carbocycles. The number of carbonyl (C=O) groups is 2. The molecule has 31 heavy (non-hydrogen) atoms. The molecule has 4 rings (SSSR count). The lowest BCUT2D eigenvalue weighted by molar-refractivity contribution is 0.0994. The largest absolute Gasteiger partial charge is 0.444 e. The molecule has 8 nitrogen and oxygen atoms in total. The van der Waals surface area contributed by atoms with Crippen LogP contribution in [-0.4, -0.2) is 54.9 Å². The third-order valence-corrected chi connectivity index (χ3v) is 5.46. The molecule has 3 aromatic rings. The molecule has 1 aliphatic heterocycles. The molecular formula is C22H22BrN5O3. The molecule has 0 unspecified atom stereocenters. The Morgan fingerprint density at radius 1 is 0.903 bits per heavy atom. The summed E-state index contributed by atoms with van der Waals surface area (Å²) in [5.74, 6) is 0.493. The van der Waals surface area contributed by atoms with Crippen LogP contribution in [0.4, 0.5) is 17.2 Å². The van der Waals surface area contributed by atoms with Crippen LogP contribution >= 0.6 is 15.9 Å². The van der Waals surface area contributed by atoms with Gasteiger partial charge >= 0.3 is 0 Å². The third-order valence-electron chi connectivity index (χ3n) is 5.03.